The molecule has 150 valence electrons. The molecule has 1 aromatic carbocycles. The molecule has 1 atom stereocenters. The van der Waals surface area contributed by atoms with E-state index in [1.165, 1.54) is 0 Å². The maximum atomic E-state index is 12.9. The van der Waals surface area contributed by atoms with Crippen molar-refractivity contribution in [2.45, 2.75) is 38.6 Å². The van der Waals surface area contributed by atoms with E-state index in [2.05, 4.69) is 11.9 Å². The first-order valence-corrected chi connectivity index (χ1v) is 10.1. The number of ether oxygens (including phenoxy) is 1. The van der Waals surface area contributed by atoms with Gasteiger partial charge in [0.15, 0.2) is 0 Å². The monoisotopic (exact) mass is 392 g/mol. The molecular formula is C23H24N2O4. The average Bonchev–Trinajstić information content (AvgIpc) is 3.31. The predicted octanol–water partition coefficient (Wildman–Crippen LogP) is 3.63. The van der Waals surface area contributed by atoms with Crippen LogP contribution in [0.15, 0.2) is 48.3 Å². The van der Waals surface area contributed by atoms with Crippen molar-refractivity contribution in [2.75, 3.05) is 13.2 Å². The molecule has 1 unspecified atom stereocenters. The molecule has 0 saturated carbocycles. The van der Waals surface area contributed by atoms with Gasteiger partial charge in [-0.1, -0.05) is 19.8 Å². The van der Waals surface area contributed by atoms with Crippen molar-refractivity contribution >= 4 is 17.4 Å². The molecule has 0 aliphatic carbocycles. The van der Waals surface area contributed by atoms with E-state index >= 15 is 0 Å². The topological polar surface area (TPSA) is 79.7 Å². The van der Waals surface area contributed by atoms with E-state index in [-0.39, 0.29) is 11.3 Å². The number of amides is 1. The minimum atomic E-state index is -0.641. The van der Waals surface area contributed by atoms with Gasteiger partial charge in [-0.15, -0.1) is 0 Å². The summed E-state index contributed by atoms with van der Waals surface area (Å²) in [4.78, 5) is 31.4. The van der Waals surface area contributed by atoms with E-state index in [4.69, 9.17) is 4.74 Å². The number of aliphatic hydroxyl groups is 1. The number of hydrogen-bond acceptors (Lipinski definition) is 5. The molecule has 0 spiro atoms. The Hall–Kier alpha value is -3.15. The van der Waals surface area contributed by atoms with Gasteiger partial charge >= 0.3 is 0 Å². The summed E-state index contributed by atoms with van der Waals surface area (Å²) in [5.41, 5.74) is 2.42. The first kappa shape index (κ1) is 19.2. The molecule has 2 aromatic rings. The van der Waals surface area contributed by atoms with Crippen molar-refractivity contribution in [1.29, 1.82) is 0 Å². The molecule has 0 bridgehead atoms. The van der Waals surface area contributed by atoms with Gasteiger partial charge in [-0.25, -0.2) is 0 Å². The van der Waals surface area contributed by atoms with Gasteiger partial charge in [-0.2, -0.15) is 0 Å². The van der Waals surface area contributed by atoms with Crippen molar-refractivity contribution < 1.29 is 19.4 Å². The number of carbonyl (C=O) groups excluding carboxylic acids is 2. The lowest BCUT2D eigenvalue weighted by atomic mass is 9.95. The minimum absolute atomic E-state index is 0.136. The number of hydrogen-bond donors (Lipinski definition) is 1. The van der Waals surface area contributed by atoms with Gasteiger partial charge in [0.2, 0.25) is 0 Å². The number of benzene rings is 1. The van der Waals surface area contributed by atoms with Crippen molar-refractivity contribution in [3.05, 3.63) is 65.0 Å². The molecule has 1 aromatic heterocycles. The normalized spacial score (nSPS) is 20.0. The number of Topliss-reactive ketones (excluding diaryl/α,β-unsaturated/α-hetero) is 1. The first-order chi connectivity index (χ1) is 14.1. The highest BCUT2D eigenvalue weighted by Gasteiger charge is 2.45. The molecule has 1 amide bonds. The summed E-state index contributed by atoms with van der Waals surface area (Å²) in [6.45, 7) is 3.17. The van der Waals surface area contributed by atoms with Crippen LogP contribution in [0.1, 0.15) is 48.9 Å². The van der Waals surface area contributed by atoms with E-state index < -0.39 is 17.7 Å². The lowest BCUT2D eigenvalue weighted by Crippen LogP contribution is -2.30. The van der Waals surface area contributed by atoms with Crippen LogP contribution in [-0.4, -0.2) is 39.8 Å². The van der Waals surface area contributed by atoms with Crippen LogP contribution in [-0.2, 0) is 16.0 Å². The van der Waals surface area contributed by atoms with E-state index in [0.717, 1.165) is 42.6 Å². The van der Waals surface area contributed by atoms with E-state index in [1.54, 1.807) is 41.6 Å². The number of ketones is 1. The minimum Gasteiger partial charge on any atom is -0.507 e. The van der Waals surface area contributed by atoms with E-state index in [9.17, 15) is 14.7 Å². The molecule has 4 rings (SSSR count). The standard InChI is InChI=1S/C23H24N2O4/c1-2-3-4-12-25-20(15-7-10-24-11-8-15)19(22(27)23(25)28)21(26)17-5-6-18-16(14-17)9-13-29-18/h5-8,10-11,14,20,26H,2-4,9,12-13H2,1H3/b21-19-. The number of carbonyl (C=O) groups is 2. The molecule has 3 heterocycles. The Labute approximate surface area is 169 Å². The molecule has 6 heteroatoms. The van der Waals surface area contributed by atoms with Crippen LogP contribution in [0.5, 0.6) is 5.75 Å². The first-order valence-electron chi connectivity index (χ1n) is 10.1. The molecule has 1 N–H and O–H groups in total. The predicted molar refractivity (Wildman–Crippen MR) is 108 cm³/mol. The third-order valence-corrected chi connectivity index (χ3v) is 5.53. The summed E-state index contributed by atoms with van der Waals surface area (Å²) >= 11 is 0. The summed E-state index contributed by atoms with van der Waals surface area (Å²) in [6, 6.07) is 8.33. The second-order valence-electron chi connectivity index (χ2n) is 7.40. The van der Waals surface area contributed by atoms with Gasteiger partial charge in [-0.05, 0) is 47.9 Å². The Bertz CT molecular complexity index is 968. The fourth-order valence-corrected chi connectivity index (χ4v) is 4.02. The molecule has 0 radical (unpaired) electrons. The lowest BCUT2D eigenvalue weighted by molar-refractivity contribution is -0.139. The van der Waals surface area contributed by atoms with Gasteiger partial charge in [0.25, 0.3) is 11.7 Å². The zero-order valence-corrected chi connectivity index (χ0v) is 16.4. The largest absolute Gasteiger partial charge is 0.507 e. The Morgan fingerprint density at radius 1 is 1.21 bits per heavy atom. The van der Waals surface area contributed by atoms with Gasteiger partial charge in [0, 0.05) is 30.9 Å². The van der Waals surface area contributed by atoms with E-state index in [1.807, 2.05) is 6.07 Å². The lowest BCUT2D eigenvalue weighted by Gasteiger charge is -2.25. The summed E-state index contributed by atoms with van der Waals surface area (Å²) in [6.07, 6.45) is 6.82. The van der Waals surface area contributed by atoms with Crippen LogP contribution in [0.3, 0.4) is 0 Å². The molecule has 6 nitrogen and oxygen atoms in total. The van der Waals surface area contributed by atoms with E-state index in [0.29, 0.717) is 18.7 Å². The zero-order chi connectivity index (χ0) is 20.4. The second-order valence-corrected chi connectivity index (χ2v) is 7.40. The quantitative estimate of drug-likeness (QED) is 0.351. The summed E-state index contributed by atoms with van der Waals surface area (Å²) < 4.78 is 5.53. The second kappa shape index (κ2) is 8.07. The zero-order valence-electron chi connectivity index (χ0n) is 16.4. The van der Waals surface area contributed by atoms with Crippen LogP contribution < -0.4 is 4.74 Å². The average molecular weight is 392 g/mol. The molecular weight excluding hydrogens is 368 g/mol. The SMILES string of the molecule is CCCCCN1C(=O)C(=O)/C(=C(\O)c2ccc3c(c2)CCO3)C1c1ccncc1. The Kier molecular flexibility index (Phi) is 5.34. The van der Waals surface area contributed by atoms with Crippen LogP contribution in [0.25, 0.3) is 5.76 Å². The molecule has 2 aliphatic rings. The van der Waals surface area contributed by atoms with Crippen molar-refractivity contribution in [1.82, 2.24) is 9.88 Å². The van der Waals surface area contributed by atoms with Gasteiger partial charge in [0.1, 0.15) is 11.5 Å². The maximum absolute atomic E-state index is 12.9. The molecule has 2 aliphatic heterocycles. The highest BCUT2D eigenvalue weighted by atomic mass is 16.5. The van der Waals surface area contributed by atoms with Crippen molar-refractivity contribution in [3.8, 4) is 5.75 Å². The number of likely N-dealkylation sites (tertiary alicyclic amines) is 1. The van der Waals surface area contributed by atoms with Crippen molar-refractivity contribution in [3.63, 3.8) is 0 Å². The molecule has 1 saturated heterocycles. The highest BCUT2D eigenvalue weighted by molar-refractivity contribution is 6.46. The smallest absolute Gasteiger partial charge is 0.295 e. The Morgan fingerprint density at radius 3 is 2.76 bits per heavy atom. The van der Waals surface area contributed by atoms with Crippen LogP contribution in [0.4, 0.5) is 0 Å². The van der Waals surface area contributed by atoms with Crippen molar-refractivity contribution in [2.24, 2.45) is 0 Å². The van der Waals surface area contributed by atoms with Gasteiger partial charge in [0.05, 0.1) is 18.2 Å². The van der Waals surface area contributed by atoms with Crippen LogP contribution in [0, 0.1) is 0 Å². The number of rotatable bonds is 6. The Balaban J connectivity index is 1.79. The van der Waals surface area contributed by atoms with Gasteiger partial charge in [-0.3, -0.25) is 14.6 Å². The number of nitrogens with zero attached hydrogens (tertiary/aromatic N) is 2. The van der Waals surface area contributed by atoms with Gasteiger partial charge < -0.3 is 14.7 Å². The number of aliphatic hydroxyl groups excluding tert-OH is 1. The fraction of sp³-hybridized carbons (Fsp3) is 0.348. The number of aromatic nitrogens is 1. The summed E-state index contributed by atoms with van der Waals surface area (Å²) in [5, 5.41) is 11.1. The third kappa shape index (κ3) is 3.50. The summed E-state index contributed by atoms with van der Waals surface area (Å²) in [7, 11) is 0. The molecule has 1 fully saturated rings. The molecule has 29 heavy (non-hydrogen) atoms. The fourth-order valence-electron chi connectivity index (χ4n) is 4.02. The Morgan fingerprint density at radius 2 is 2.00 bits per heavy atom. The summed E-state index contributed by atoms with van der Waals surface area (Å²) in [5.74, 6) is -0.545. The van der Waals surface area contributed by atoms with Crippen LogP contribution in [0.2, 0.25) is 0 Å². The highest BCUT2D eigenvalue weighted by Crippen LogP contribution is 2.40. The number of pyridine rings is 1. The third-order valence-electron chi connectivity index (χ3n) is 5.53. The number of fused-ring (bicyclic) bond motifs is 1. The van der Waals surface area contributed by atoms with Crippen LogP contribution >= 0.6 is 0 Å². The number of unbranched alkanes of at least 4 members (excludes halogenated alkanes) is 2. The maximum Gasteiger partial charge on any atom is 0.295 e.